The van der Waals surface area contributed by atoms with Gasteiger partial charge >= 0.3 is 6.03 Å². The van der Waals surface area contributed by atoms with Crippen LogP contribution in [0.3, 0.4) is 0 Å². The van der Waals surface area contributed by atoms with Crippen molar-refractivity contribution < 1.29 is 28.6 Å². The number of nitrogens with zero attached hydrogens (tertiary/aromatic N) is 2. The number of hydrogen-bond donors (Lipinski definition) is 4. The number of carbonyl (C=O) groups is 3. The number of hydrogen-bond acceptors (Lipinski definition) is 9. The van der Waals surface area contributed by atoms with E-state index in [0.29, 0.717) is 31.9 Å². The molecule has 0 saturated heterocycles. The summed E-state index contributed by atoms with van der Waals surface area (Å²) in [6.07, 6.45) is 3.90. The van der Waals surface area contributed by atoms with Crippen LogP contribution in [-0.2, 0) is 38.4 Å². The molecule has 2 aromatic heterocycles. The molecule has 4 rings (SSSR count). The highest BCUT2D eigenvalue weighted by atomic mass is 32.1. The Kier molecular flexibility index (Phi) is 14.5. The number of benzene rings is 2. The van der Waals surface area contributed by atoms with Crippen molar-refractivity contribution in [1.29, 1.82) is 0 Å². The number of pyridine rings is 1. The van der Waals surface area contributed by atoms with Gasteiger partial charge < -0.3 is 30.2 Å². The topological polar surface area (TPSA) is 143 Å². The Morgan fingerprint density at radius 3 is 2.23 bits per heavy atom. The Balaban J connectivity index is 1.49. The van der Waals surface area contributed by atoms with E-state index in [0.717, 1.165) is 26.8 Å². The minimum absolute atomic E-state index is 0.201. The highest BCUT2D eigenvalue weighted by Gasteiger charge is 2.41. The predicted octanol–water partition coefficient (Wildman–Crippen LogP) is 5.36. The van der Waals surface area contributed by atoms with Crippen molar-refractivity contribution in [2.24, 2.45) is 0 Å². The van der Waals surface area contributed by atoms with Crippen LogP contribution in [0.1, 0.15) is 58.2 Å². The van der Waals surface area contributed by atoms with Crippen LogP contribution in [0.15, 0.2) is 78.4 Å². The Bertz CT molecular complexity index is 1740. The third-order valence-electron chi connectivity index (χ3n) is 8.11. The van der Waals surface area contributed by atoms with Gasteiger partial charge in [-0.2, -0.15) is 0 Å². The summed E-state index contributed by atoms with van der Waals surface area (Å²) >= 11 is 1.65. The number of urea groups is 1. The molecule has 52 heavy (non-hydrogen) atoms. The Labute approximate surface area is 310 Å². The number of ether oxygens (including phenoxy) is 3. The second kappa shape index (κ2) is 18.8. The van der Waals surface area contributed by atoms with Crippen molar-refractivity contribution >= 4 is 39.3 Å². The summed E-state index contributed by atoms with van der Waals surface area (Å²) in [5.41, 5.74) is 5.03. The summed E-state index contributed by atoms with van der Waals surface area (Å²) in [5, 5.41) is 13.3. The zero-order valence-electron chi connectivity index (χ0n) is 31.2. The molecular formula is C39H52N6O6S. The lowest BCUT2D eigenvalue weighted by molar-refractivity contribution is -0.246. The lowest BCUT2D eigenvalue weighted by atomic mass is 9.97. The van der Waals surface area contributed by atoms with Crippen LogP contribution in [0.2, 0.25) is 0 Å². The minimum Gasteiger partial charge on any atom is -0.488 e. The minimum atomic E-state index is -1.17. The monoisotopic (exact) mass is 732 g/mol. The molecule has 4 amide bonds. The molecular weight excluding hydrogens is 681 g/mol. The Morgan fingerprint density at radius 2 is 1.58 bits per heavy atom. The first-order valence-electron chi connectivity index (χ1n) is 17.6. The van der Waals surface area contributed by atoms with E-state index in [-0.39, 0.29) is 18.6 Å². The number of carbonyl (C=O) groups excluding carboxylic acids is 3. The molecule has 0 spiro atoms. The average Bonchev–Trinajstić information content (AvgIpc) is 3.50. The van der Waals surface area contributed by atoms with E-state index < -0.39 is 35.7 Å². The number of hydrazine groups is 1. The van der Waals surface area contributed by atoms with Crippen molar-refractivity contribution in [3.05, 3.63) is 95.1 Å². The summed E-state index contributed by atoms with van der Waals surface area (Å²) in [6.45, 7) is 12.4. The molecule has 0 radical (unpaired) electrons. The summed E-state index contributed by atoms with van der Waals surface area (Å²) in [5.74, 6) is -1.33. The van der Waals surface area contributed by atoms with Gasteiger partial charge in [-0.3, -0.25) is 20.0 Å². The van der Waals surface area contributed by atoms with Crippen LogP contribution in [0.25, 0.3) is 10.1 Å². The Hall–Kier alpha value is -4.56. The van der Waals surface area contributed by atoms with Gasteiger partial charge in [-0.1, -0.05) is 30.3 Å². The molecule has 280 valence electrons. The van der Waals surface area contributed by atoms with Gasteiger partial charge in [0.15, 0.2) is 5.79 Å². The fraction of sp³-hybridized carbons (Fsp3) is 0.436. The van der Waals surface area contributed by atoms with E-state index in [2.05, 4.69) is 43.9 Å². The number of rotatable bonds is 18. The Morgan fingerprint density at radius 1 is 0.904 bits per heavy atom. The smallest absolute Gasteiger partial charge is 0.329 e. The van der Waals surface area contributed by atoms with E-state index >= 15 is 0 Å². The lowest BCUT2D eigenvalue weighted by Crippen LogP contribution is -2.60. The quantitative estimate of drug-likeness (QED) is 0.0791. The molecule has 0 aliphatic carbocycles. The molecule has 0 unspecified atom stereocenters. The normalized spacial score (nSPS) is 13.0. The van der Waals surface area contributed by atoms with E-state index in [4.69, 9.17) is 14.2 Å². The van der Waals surface area contributed by atoms with Crippen LogP contribution in [0.4, 0.5) is 4.79 Å². The highest BCUT2D eigenvalue weighted by Crippen LogP contribution is 2.32. The maximum Gasteiger partial charge on any atom is 0.329 e. The zero-order chi connectivity index (χ0) is 37.7. The van der Waals surface area contributed by atoms with Gasteiger partial charge in [-0.05, 0) is 99.3 Å². The first kappa shape index (κ1) is 40.2. The van der Waals surface area contributed by atoms with Crippen LogP contribution in [0.5, 0.6) is 5.75 Å². The van der Waals surface area contributed by atoms with Crippen molar-refractivity contribution in [3.8, 4) is 5.75 Å². The van der Waals surface area contributed by atoms with Crippen molar-refractivity contribution in [1.82, 2.24) is 31.4 Å². The van der Waals surface area contributed by atoms with Crippen LogP contribution < -0.4 is 26.1 Å². The van der Waals surface area contributed by atoms with Gasteiger partial charge in [0.25, 0.3) is 0 Å². The molecule has 0 aliphatic rings. The SMILES string of the molecule is CCOC(Cc1csc2ccccc12)(OCC)[C@H](C)NC(=O)[C@H](Cc1ccc(OC(C)(C)C)cc1)NC(=O)CN(C)NC(=O)NCc1ccncc1. The van der Waals surface area contributed by atoms with Gasteiger partial charge in [0.05, 0.1) is 12.6 Å². The first-order chi connectivity index (χ1) is 24.8. The number of nitrogens with one attached hydrogen (secondary N) is 4. The average molecular weight is 733 g/mol. The van der Waals surface area contributed by atoms with E-state index in [1.807, 2.05) is 77.9 Å². The maximum atomic E-state index is 14.1. The van der Waals surface area contributed by atoms with E-state index in [1.165, 1.54) is 5.01 Å². The largest absolute Gasteiger partial charge is 0.488 e. The van der Waals surface area contributed by atoms with Gasteiger partial charge in [0, 0.05) is 56.7 Å². The molecule has 0 fully saturated rings. The van der Waals surface area contributed by atoms with Crippen molar-refractivity contribution in [2.75, 3.05) is 26.8 Å². The molecule has 2 heterocycles. The third kappa shape index (κ3) is 12.0. The molecule has 4 aromatic rings. The zero-order valence-corrected chi connectivity index (χ0v) is 32.0. The van der Waals surface area contributed by atoms with Gasteiger partial charge in [-0.25, -0.2) is 9.80 Å². The number of thiophene rings is 1. The van der Waals surface area contributed by atoms with Crippen molar-refractivity contribution in [3.63, 3.8) is 0 Å². The molecule has 0 saturated carbocycles. The lowest BCUT2D eigenvalue weighted by Gasteiger charge is -2.39. The second-order valence-electron chi connectivity index (χ2n) is 13.5. The van der Waals surface area contributed by atoms with E-state index in [1.54, 1.807) is 42.9 Å². The second-order valence-corrected chi connectivity index (χ2v) is 14.4. The van der Waals surface area contributed by atoms with Crippen LogP contribution in [-0.4, -0.2) is 78.1 Å². The standard InChI is InChI=1S/C39H52N6O6S/c1-8-49-39(50-9-2,23-30-26-52-34-13-11-10-12-32(30)34)27(3)42-36(47)33(22-28-14-16-31(17-15-28)51-38(4,5)6)43-35(46)25-45(7)44-37(48)41-24-29-18-20-40-21-19-29/h10-21,26-27,33H,8-9,22-25H2,1-7H3,(H,42,47)(H,43,46)(H2,41,44,48)/t27-,33-/m0/s1. The van der Waals surface area contributed by atoms with Crippen molar-refractivity contribution in [2.45, 2.75) is 84.4 Å². The molecule has 0 bridgehead atoms. The first-order valence-corrected chi connectivity index (χ1v) is 18.4. The number of amides is 4. The summed E-state index contributed by atoms with van der Waals surface area (Å²) in [6, 6.07) is 17.2. The fourth-order valence-electron chi connectivity index (χ4n) is 5.78. The molecule has 0 aliphatic heterocycles. The molecule has 13 heteroatoms. The number of likely N-dealkylation sites (N-methyl/N-ethyl adjacent to an activating group) is 1. The fourth-order valence-corrected chi connectivity index (χ4v) is 6.74. The molecule has 2 atom stereocenters. The van der Waals surface area contributed by atoms with E-state index in [9.17, 15) is 14.4 Å². The summed E-state index contributed by atoms with van der Waals surface area (Å²) in [4.78, 5) is 44.0. The van der Waals surface area contributed by atoms with Crippen LogP contribution >= 0.6 is 11.3 Å². The predicted molar refractivity (Wildman–Crippen MR) is 204 cm³/mol. The third-order valence-corrected chi connectivity index (χ3v) is 9.12. The molecule has 12 nitrogen and oxygen atoms in total. The summed E-state index contributed by atoms with van der Waals surface area (Å²) < 4.78 is 19.8. The summed E-state index contributed by atoms with van der Waals surface area (Å²) in [7, 11) is 1.57. The highest BCUT2D eigenvalue weighted by molar-refractivity contribution is 7.17. The van der Waals surface area contributed by atoms with Gasteiger partial charge in [-0.15, -0.1) is 11.3 Å². The number of aromatic nitrogens is 1. The maximum absolute atomic E-state index is 14.1. The van der Waals surface area contributed by atoms with Crippen LogP contribution in [0, 0.1) is 0 Å². The van der Waals surface area contributed by atoms with Gasteiger partial charge in [0.2, 0.25) is 11.8 Å². The molecule has 2 aromatic carbocycles. The number of fused-ring (bicyclic) bond motifs is 1. The van der Waals surface area contributed by atoms with Gasteiger partial charge in [0.1, 0.15) is 17.4 Å². The molecule has 4 N–H and O–H groups in total.